The van der Waals surface area contributed by atoms with E-state index in [0.717, 1.165) is 32.7 Å². The van der Waals surface area contributed by atoms with Crippen molar-refractivity contribution in [3.05, 3.63) is 82.9 Å². The van der Waals surface area contributed by atoms with Crippen molar-refractivity contribution in [3.8, 4) is 10.6 Å². The van der Waals surface area contributed by atoms with Gasteiger partial charge in [0.05, 0.1) is 27.4 Å². The summed E-state index contributed by atoms with van der Waals surface area (Å²) in [6.45, 7) is 4.23. The van der Waals surface area contributed by atoms with Crippen LogP contribution in [0.2, 0.25) is 0 Å². The van der Waals surface area contributed by atoms with Gasteiger partial charge in [-0.15, -0.1) is 22.7 Å². The Balaban J connectivity index is 1.32. The van der Waals surface area contributed by atoms with Crippen molar-refractivity contribution in [1.29, 1.82) is 0 Å². The fourth-order valence-electron chi connectivity index (χ4n) is 3.78. The molecule has 2 aromatic carbocycles. The molecule has 0 saturated heterocycles. The van der Waals surface area contributed by atoms with E-state index in [1.165, 1.54) is 11.3 Å². The van der Waals surface area contributed by atoms with Gasteiger partial charge in [0.15, 0.2) is 0 Å². The van der Waals surface area contributed by atoms with Gasteiger partial charge in [-0.3, -0.25) is 4.79 Å². The molecular formula is C27H26N6O2S2. The van der Waals surface area contributed by atoms with Gasteiger partial charge in [0.1, 0.15) is 16.5 Å². The molecule has 0 aliphatic rings. The molecule has 0 aliphatic heterocycles. The Hall–Kier alpha value is -3.86. The maximum Gasteiger partial charge on any atom is 0.270 e. The van der Waals surface area contributed by atoms with Crippen molar-refractivity contribution < 1.29 is 9.90 Å². The number of carbonyl (C=O) groups excluding carboxylic acids is 1. The number of thiazole rings is 2. The highest BCUT2D eigenvalue weighted by Crippen LogP contribution is 2.33. The van der Waals surface area contributed by atoms with Crippen molar-refractivity contribution in [2.45, 2.75) is 26.0 Å². The molecule has 4 N–H and O–H groups in total. The van der Waals surface area contributed by atoms with Crippen LogP contribution in [-0.2, 0) is 0 Å². The molecule has 0 fully saturated rings. The number of carbonyl (C=O) groups is 1. The highest BCUT2D eigenvalue weighted by Gasteiger charge is 2.17. The maximum atomic E-state index is 12.7. The number of nitrogens with one attached hydrogen (secondary N) is 3. The van der Waals surface area contributed by atoms with Crippen LogP contribution in [0.4, 0.5) is 17.2 Å². The molecule has 8 nitrogen and oxygen atoms in total. The molecule has 5 rings (SSSR count). The van der Waals surface area contributed by atoms with E-state index in [2.05, 4.69) is 50.8 Å². The zero-order valence-electron chi connectivity index (χ0n) is 20.3. The fourth-order valence-corrected chi connectivity index (χ4v) is 5.32. The Morgan fingerprint density at radius 3 is 2.70 bits per heavy atom. The number of hydrogen-bond donors (Lipinski definition) is 4. The largest absolute Gasteiger partial charge is 0.387 e. The van der Waals surface area contributed by atoms with Gasteiger partial charge in [-0.05, 0) is 37.6 Å². The summed E-state index contributed by atoms with van der Waals surface area (Å²) in [6.07, 6.45) is 0.976. The molecule has 37 heavy (non-hydrogen) atoms. The summed E-state index contributed by atoms with van der Waals surface area (Å²) in [7, 11) is 0. The second-order valence-corrected chi connectivity index (χ2v) is 10.5. The van der Waals surface area contributed by atoms with Crippen LogP contribution in [0.15, 0.2) is 71.7 Å². The summed E-state index contributed by atoms with van der Waals surface area (Å²) in [4.78, 5) is 26.2. The van der Waals surface area contributed by atoms with Gasteiger partial charge in [-0.1, -0.05) is 30.3 Å². The number of aliphatic hydroxyl groups excluding tert-OH is 1. The molecule has 5 aromatic rings. The molecule has 1 amide bonds. The topological polar surface area (TPSA) is 112 Å². The Morgan fingerprint density at radius 2 is 1.89 bits per heavy atom. The zero-order chi connectivity index (χ0) is 25.8. The molecule has 10 heteroatoms. The SMILES string of the molecule is CC(C)Nc1cc(Nc2ccc3ncsc3c2)ncc1-c1nc(C(=O)NCC(O)c2ccccc2)cs1. The average Bonchev–Trinajstić information content (AvgIpc) is 3.57. The van der Waals surface area contributed by atoms with Crippen molar-refractivity contribution >= 4 is 56.0 Å². The summed E-state index contributed by atoms with van der Waals surface area (Å²) in [5, 5.41) is 22.3. The summed E-state index contributed by atoms with van der Waals surface area (Å²) >= 11 is 2.97. The number of hydrogen-bond acceptors (Lipinski definition) is 9. The first kappa shape index (κ1) is 24.8. The van der Waals surface area contributed by atoms with Crippen LogP contribution in [0.25, 0.3) is 20.8 Å². The van der Waals surface area contributed by atoms with E-state index in [9.17, 15) is 9.90 Å². The molecule has 1 unspecified atom stereocenters. The minimum Gasteiger partial charge on any atom is -0.387 e. The second kappa shape index (κ2) is 11.0. The predicted molar refractivity (Wildman–Crippen MR) is 151 cm³/mol. The first-order valence-corrected chi connectivity index (χ1v) is 13.6. The molecular weight excluding hydrogens is 504 g/mol. The van der Waals surface area contributed by atoms with Crippen LogP contribution < -0.4 is 16.0 Å². The average molecular weight is 531 g/mol. The van der Waals surface area contributed by atoms with E-state index in [1.54, 1.807) is 22.9 Å². The lowest BCUT2D eigenvalue weighted by atomic mass is 10.1. The number of amides is 1. The molecule has 0 aliphatic carbocycles. The zero-order valence-corrected chi connectivity index (χ0v) is 21.9. The van der Waals surface area contributed by atoms with Crippen molar-refractivity contribution in [2.75, 3.05) is 17.2 Å². The van der Waals surface area contributed by atoms with Crippen LogP contribution >= 0.6 is 22.7 Å². The predicted octanol–water partition coefficient (Wildman–Crippen LogP) is 5.84. The van der Waals surface area contributed by atoms with Gasteiger partial charge in [0, 0.05) is 41.6 Å². The first-order chi connectivity index (χ1) is 18.0. The van der Waals surface area contributed by atoms with E-state index < -0.39 is 6.10 Å². The minimum absolute atomic E-state index is 0.102. The normalized spacial score (nSPS) is 12.0. The van der Waals surface area contributed by atoms with Gasteiger partial charge < -0.3 is 21.1 Å². The van der Waals surface area contributed by atoms with E-state index in [-0.39, 0.29) is 18.5 Å². The van der Waals surface area contributed by atoms with Gasteiger partial charge in [0.2, 0.25) is 0 Å². The third-order valence-corrected chi connectivity index (χ3v) is 7.23. The van der Waals surface area contributed by atoms with Gasteiger partial charge in [0.25, 0.3) is 5.91 Å². The summed E-state index contributed by atoms with van der Waals surface area (Å²) in [6, 6.07) is 17.4. The monoisotopic (exact) mass is 530 g/mol. The highest BCUT2D eigenvalue weighted by molar-refractivity contribution is 7.16. The number of aliphatic hydroxyl groups is 1. The number of nitrogens with zero attached hydrogens (tertiary/aromatic N) is 3. The van der Waals surface area contributed by atoms with E-state index in [0.29, 0.717) is 16.5 Å². The lowest BCUT2D eigenvalue weighted by Crippen LogP contribution is -2.28. The number of fused-ring (bicyclic) bond motifs is 1. The molecule has 3 heterocycles. The van der Waals surface area contributed by atoms with Gasteiger partial charge in [-0.25, -0.2) is 15.0 Å². The second-order valence-electron chi connectivity index (χ2n) is 8.75. The molecule has 0 spiro atoms. The highest BCUT2D eigenvalue weighted by atomic mass is 32.1. The molecule has 3 aromatic heterocycles. The van der Waals surface area contributed by atoms with Crippen molar-refractivity contribution in [3.63, 3.8) is 0 Å². The number of pyridine rings is 1. The van der Waals surface area contributed by atoms with E-state index in [4.69, 9.17) is 0 Å². The van der Waals surface area contributed by atoms with Crippen LogP contribution in [-0.4, -0.2) is 38.6 Å². The summed E-state index contributed by atoms with van der Waals surface area (Å²) < 4.78 is 1.10. The number of benzene rings is 2. The third kappa shape index (κ3) is 5.93. The fraction of sp³-hybridized carbons (Fsp3) is 0.185. The molecule has 188 valence electrons. The molecule has 1 atom stereocenters. The van der Waals surface area contributed by atoms with E-state index >= 15 is 0 Å². The summed E-state index contributed by atoms with van der Waals surface area (Å²) in [5.41, 5.74) is 6.46. The van der Waals surface area contributed by atoms with Crippen LogP contribution in [0.5, 0.6) is 0 Å². The van der Waals surface area contributed by atoms with Crippen molar-refractivity contribution in [1.82, 2.24) is 20.3 Å². The minimum atomic E-state index is -0.786. The lowest BCUT2D eigenvalue weighted by molar-refractivity contribution is 0.0912. The summed E-state index contributed by atoms with van der Waals surface area (Å²) in [5.74, 6) is 0.362. The van der Waals surface area contributed by atoms with Crippen molar-refractivity contribution in [2.24, 2.45) is 0 Å². The molecule has 0 bridgehead atoms. The Bertz CT molecular complexity index is 1520. The Labute approximate surface area is 222 Å². The Kier molecular flexibility index (Phi) is 7.40. The lowest BCUT2D eigenvalue weighted by Gasteiger charge is -2.15. The number of rotatable bonds is 9. The first-order valence-electron chi connectivity index (χ1n) is 11.8. The standard InChI is InChI=1S/C27H26N6O2S2/c1-16(2)31-21-11-25(32-18-8-9-20-24(10-18)37-15-30-20)28-12-19(21)27-33-22(14-36-27)26(35)29-13-23(34)17-6-4-3-5-7-17/h3-12,14-16,23,34H,13H2,1-2H3,(H,29,35)(H2,28,31,32). The molecule has 0 radical (unpaired) electrons. The van der Waals surface area contributed by atoms with Gasteiger partial charge >= 0.3 is 0 Å². The van der Waals surface area contributed by atoms with Crippen LogP contribution in [0.3, 0.4) is 0 Å². The quantitative estimate of drug-likeness (QED) is 0.189. The third-order valence-electron chi connectivity index (χ3n) is 5.56. The van der Waals surface area contributed by atoms with Gasteiger partial charge in [-0.2, -0.15) is 0 Å². The maximum absolute atomic E-state index is 12.7. The number of aromatic nitrogens is 3. The Morgan fingerprint density at radius 1 is 1.05 bits per heavy atom. The van der Waals surface area contributed by atoms with Crippen LogP contribution in [0, 0.1) is 0 Å². The van der Waals surface area contributed by atoms with Crippen LogP contribution in [0.1, 0.15) is 36.0 Å². The van der Waals surface area contributed by atoms with E-state index in [1.807, 2.05) is 54.0 Å². The molecule has 0 saturated carbocycles. The smallest absolute Gasteiger partial charge is 0.270 e. The number of anilines is 3.